The van der Waals surface area contributed by atoms with Gasteiger partial charge in [-0.3, -0.25) is 19.3 Å². The number of carboxylic acid groups (broad SMARTS) is 1. The molecule has 1 aromatic rings. The Morgan fingerprint density at radius 3 is 2.41 bits per heavy atom. The summed E-state index contributed by atoms with van der Waals surface area (Å²) >= 11 is 0. The van der Waals surface area contributed by atoms with Crippen LogP contribution in [0.5, 0.6) is 0 Å². The van der Waals surface area contributed by atoms with Gasteiger partial charge in [0, 0.05) is 57.5 Å². The maximum absolute atomic E-state index is 12.7. The number of aryl methyl sites for hydroxylation is 1. The van der Waals surface area contributed by atoms with E-state index >= 15 is 0 Å². The van der Waals surface area contributed by atoms with Gasteiger partial charge in [0.1, 0.15) is 0 Å². The van der Waals surface area contributed by atoms with E-state index in [1.54, 1.807) is 0 Å². The highest BCUT2D eigenvalue weighted by molar-refractivity contribution is 5.80. The number of piperazine rings is 1. The number of aliphatic carboxylic acids is 1. The van der Waals surface area contributed by atoms with Gasteiger partial charge >= 0.3 is 5.97 Å². The molecule has 158 valence electrons. The minimum Gasteiger partial charge on any atom is -0.481 e. The lowest BCUT2D eigenvalue weighted by Gasteiger charge is -2.36. The SMILES string of the molecule is Cc1ccccc1CN1CCN(C(=O)CC[C@@]2(CCC(=O)O)CCC(=O)N2)CC1. The Balaban J connectivity index is 1.47. The molecule has 0 bridgehead atoms. The first-order valence-electron chi connectivity index (χ1n) is 10.4. The lowest BCUT2D eigenvalue weighted by atomic mass is 9.86. The van der Waals surface area contributed by atoms with Crippen LogP contribution in [0, 0.1) is 6.92 Å². The van der Waals surface area contributed by atoms with Gasteiger partial charge in [0.05, 0.1) is 0 Å². The number of carboxylic acids is 1. The first-order valence-corrected chi connectivity index (χ1v) is 10.4. The van der Waals surface area contributed by atoms with Gasteiger partial charge in [-0.05, 0) is 37.3 Å². The molecule has 1 atom stereocenters. The molecular formula is C22H31N3O4. The molecule has 2 aliphatic rings. The Morgan fingerprint density at radius 2 is 1.79 bits per heavy atom. The van der Waals surface area contributed by atoms with Gasteiger partial charge in [0.25, 0.3) is 0 Å². The van der Waals surface area contributed by atoms with Gasteiger partial charge in [0.2, 0.25) is 11.8 Å². The molecule has 0 aliphatic carbocycles. The van der Waals surface area contributed by atoms with E-state index in [1.165, 1.54) is 11.1 Å². The molecule has 2 saturated heterocycles. The van der Waals surface area contributed by atoms with E-state index < -0.39 is 11.5 Å². The molecule has 2 aliphatic heterocycles. The molecule has 3 rings (SSSR count). The number of carbonyl (C=O) groups excluding carboxylic acids is 2. The van der Waals surface area contributed by atoms with Gasteiger partial charge in [-0.25, -0.2) is 0 Å². The van der Waals surface area contributed by atoms with Crippen LogP contribution in [0.4, 0.5) is 0 Å². The van der Waals surface area contributed by atoms with Crippen LogP contribution in [0.3, 0.4) is 0 Å². The van der Waals surface area contributed by atoms with Gasteiger partial charge in [-0.2, -0.15) is 0 Å². The summed E-state index contributed by atoms with van der Waals surface area (Å²) in [6, 6.07) is 8.38. The van der Waals surface area contributed by atoms with E-state index in [4.69, 9.17) is 5.11 Å². The number of hydrogen-bond acceptors (Lipinski definition) is 4. The molecule has 2 heterocycles. The molecule has 0 saturated carbocycles. The van der Waals surface area contributed by atoms with Crippen LogP contribution < -0.4 is 5.32 Å². The number of rotatable bonds is 8. The molecule has 0 spiro atoms. The summed E-state index contributed by atoms with van der Waals surface area (Å²) in [5.74, 6) is -0.828. The smallest absolute Gasteiger partial charge is 0.303 e. The van der Waals surface area contributed by atoms with Gasteiger partial charge in [0.15, 0.2) is 0 Å². The number of carbonyl (C=O) groups is 3. The fourth-order valence-corrected chi connectivity index (χ4v) is 4.31. The zero-order valence-electron chi connectivity index (χ0n) is 17.2. The van der Waals surface area contributed by atoms with Gasteiger partial charge in [-0.1, -0.05) is 24.3 Å². The highest BCUT2D eigenvalue weighted by Crippen LogP contribution is 2.30. The second-order valence-corrected chi connectivity index (χ2v) is 8.31. The summed E-state index contributed by atoms with van der Waals surface area (Å²) in [6.45, 7) is 6.14. The minimum absolute atomic E-state index is 0.00600. The summed E-state index contributed by atoms with van der Waals surface area (Å²) in [4.78, 5) is 39.6. The van der Waals surface area contributed by atoms with Crippen LogP contribution in [-0.2, 0) is 20.9 Å². The lowest BCUT2D eigenvalue weighted by molar-refractivity contribution is -0.137. The van der Waals surface area contributed by atoms with E-state index in [9.17, 15) is 14.4 Å². The van der Waals surface area contributed by atoms with Crippen molar-refractivity contribution in [3.8, 4) is 0 Å². The Bertz CT molecular complexity index is 758. The van der Waals surface area contributed by atoms with Crippen LogP contribution in [0.2, 0.25) is 0 Å². The number of amides is 2. The maximum atomic E-state index is 12.7. The van der Waals surface area contributed by atoms with Crippen molar-refractivity contribution in [2.45, 2.75) is 57.5 Å². The van der Waals surface area contributed by atoms with Crippen LogP contribution in [-0.4, -0.2) is 64.4 Å². The molecule has 7 heteroatoms. The largest absolute Gasteiger partial charge is 0.481 e. The monoisotopic (exact) mass is 401 g/mol. The highest BCUT2D eigenvalue weighted by Gasteiger charge is 2.38. The van der Waals surface area contributed by atoms with E-state index in [-0.39, 0.29) is 18.2 Å². The predicted molar refractivity (Wildman–Crippen MR) is 109 cm³/mol. The van der Waals surface area contributed by atoms with E-state index in [0.717, 1.165) is 19.6 Å². The minimum atomic E-state index is -0.873. The molecular weight excluding hydrogens is 370 g/mol. The number of nitrogens with one attached hydrogen (secondary N) is 1. The van der Waals surface area contributed by atoms with Crippen LogP contribution in [0.25, 0.3) is 0 Å². The van der Waals surface area contributed by atoms with E-state index in [1.807, 2.05) is 11.0 Å². The van der Waals surface area contributed by atoms with Crippen molar-refractivity contribution in [1.29, 1.82) is 0 Å². The van der Waals surface area contributed by atoms with Crippen LogP contribution in [0.15, 0.2) is 24.3 Å². The molecule has 2 N–H and O–H groups in total. The molecule has 0 aromatic heterocycles. The van der Waals surface area contributed by atoms with Crippen molar-refractivity contribution in [1.82, 2.24) is 15.1 Å². The number of nitrogens with zero attached hydrogens (tertiary/aromatic N) is 2. The number of benzene rings is 1. The topological polar surface area (TPSA) is 90.0 Å². The molecule has 2 fully saturated rings. The first-order chi connectivity index (χ1) is 13.9. The normalized spacial score (nSPS) is 22.5. The van der Waals surface area contributed by atoms with Crippen LogP contribution in [0.1, 0.15) is 49.7 Å². The van der Waals surface area contributed by atoms with Gasteiger partial charge < -0.3 is 15.3 Å². The summed E-state index contributed by atoms with van der Waals surface area (Å²) in [5, 5.41) is 11.9. The Kier molecular flexibility index (Phi) is 6.90. The van der Waals surface area contributed by atoms with Crippen molar-refractivity contribution < 1.29 is 19.5 Å². The zero-order chi connectivity index (χ0) is 20.9. The Morgan fingerprint density at radius 1 is 1.10 bits per heavy atom. The zero-order valence-corrected chi connectivity index (χ0v) is 17.2. The first kappa shape index (κ1) is 21.3. The second-order valence-electron chi connectivity index (χ2n) is 8.31. The molecule has 2 amide bonds. The fourth-order valence-electron chi connectivity index (χ4n) is 4.31. The lowest BCUT2D eigenvalue weighted by Crippen LogP contribution is -2.49. The van der Waals surface area contributed by atoms with Crippen molar-refractivity contribution in [2.75, 3.05) is 26.2 Å². The van der Waals surface area contributed by atoms with Crippen molar-refractivity contribution in [3.63, 3.8) is 0 Å². The summed E-state index contributed by atoms with van der Waals surface area (Å²) in [5.41, 5.74) is 2.07. The van der Waals surface area contributed by atoms with E-state index in [0.29, 0.717) is 45.2 Å². The third-order valence-corrected chi connectivity index (χ3v) is 6.25. The molecule has 0 radical (unpaired) electrons. The quantitative estimate of drug-likeness (QED) is 0.695. The van der Waals surface area contributed by atoms with Crippen LogP contribution >= 0.6 is 0 Å². The van der Waals surface area contributed by atoms with Crippen molar-refractivity contribution in [2.24, 2.45) is 0 Å². The number of hydrogen-bond donors (Lipinski definition) is 2. The Hall–Kier alpha value is -2.41. The standard InChI is InChI=1S/C22H31N3O4/c1-17-4-2-3-5-18(17)16-24-12-14-25(15-13-24)20(27)7-10-22(11-8-21(28)29)9-6-19(26)23-22/h2-5H,6-16H2,1H3,(H,23,26)(H,28,29)/t22-/m1/s1. The highest BCUT2D eigenvalue weighted by atomic mass is 16.4. The fraction of sp³-hybridized carbons (Fsp3) is 0.591. The average Bonchev–Trinajstić information content (AvgIpc) is 3.08. The average molecular weight is 402 g/mol. The van der Waals surface area contributed by atoms with Gasteiger partial charge in [-0.15, -0.1) is 0 Å². The van der Waals surface area contributed by atoms with Crippen molar-refractivity contribution in [3.05, 3.63) is 35.4 Å². The summed E-state index contributed by atoms with van der Waals surface area (Å²) in [7, 11) is 0. The molecule has 29 heavy (non-hydrogen) atoms. The maximum Gasteiger partial charge on any atom is 0.303 e. The van der Waals surface area contributed by atoms with Crippen molar-refractivity contribution >= 4 is 17.8 Å². The predicted octanol–water partition coefficient (Wildman–Crippen LogP) is 1.93. The Labute approximate surface area is 172 Å². The van der Waals surface area contributed by atoms with E-state index in [2.05, 4.69) is 35.3 Å². The molecule has 1 aromatic carbocycles. The third kappa shape index (κ3) is 5.79. The second kappa shape index (κ2) is 9.39. The molecule has 7 nitrogen and oxygen atoms in total. The summed E-state index contributed by atoms with van der Waals surface area (Å²) < 4.78 is 0. The molecule has 0 unspecified atom stereocenters. The summed E-state index contributed by atoms with van der Waals surface area (Å²) in [6.07, 6.45) is 2.26. The third-order valence-electron chi connectivity index (χ3n) is 6.25.